The van der Waals surface area contributed by atoms with Gasteiger partial charge in [0.2, 0.25) is 0 Å². The van der Waals surface area contributed by atoms with Crippen LogP contribution in [0.2, 0.25) is 0 Å². The van der Waals surface area contributed by atoms with Gasteiger partial charge in [0.25, 0.3) is 0 Å². The number of nitrogens with one attached hydrogen (secondary N) is 1. The van der Waals surface area contributed by atoms with E-state index in [1.165, 1.54) is 31.4 Å². The quantitative estimate of drug-likeness (QED) is 0.901. The van der Waals surface area contributed by atoms with E-state index in [4.69, 9.17) is 0 Å². The summed E-state index contributed by atoms with van der Waals surface area (Å²) in [5, 5.41) is 3.60. The second-order valence-electron chi connectivity index (χ2n) is 5.74. The highest BCUT2D eigenvalue weighted by Crippen LogP contribution is 2.28. The third-order valence-corrected chi connectivity index (χ3v) is 4.08. The molecule has 1 unspecified atom stereocenters. The topological polar surface area (TPSA) is 15.3 Å². The molecular weight excluding hydrogens is 246 g/mol. The number of anilines is 1. The Balaban J connectivity index is 1.61. The number of halogens is 2. The summed E-state index contributed by atoms with van der Waals surface area (Å²) in [4.78, 5) is 2.15. The highest BCUT2D eigenvalue weighted by atomic mass is 19.2. The van der Waals surface area contributed by atoms with Gasteiger partial charge in [-0.3, -0.25) is 0 Å². The lowest BCUT2D eigenvalue weighted by Gasteiger charge is -2.35. The Morgan fingerprint density at radius 2 is 2.00 bits per heavy atom. The van der Waals surface area contributed by atoms with Crippen molar-refractivity contribution in [3.8, 4) is 0 Å². The zero-order valence-corrected chi connectivity index (χ0v) is 11.0. The molecule has 1 aromatic carbocycles. The summed E-state index contributed by atoms with van der Waals surface area (Å²) in [6.07, 6.45) is 4.98. The predicted octanol–water partition coefficient (Wildman–Crippen LogP) is 2.93. The fourth-order valence-corrected chi connectivity index (χ4v) is 2.72. The van der Waals surface area contributed by atoms with E-state index in [0.29, 0.717) is 6.04 Å². The zero-order valence-electron chi connectivity index (χ0n) is 11.0. The van der Waals surface area contributed by atoms with Crippen molar-refractivity contribution < 1.29 is 8.78 Å². The highest BCUT2D eigenvalue weighted by molar-refractivity contribution is 5.47. The number of rotatable bonds is 4. The predicted molar refractivity (Wildman–Crippen MR) is 72.3 cm³/mol. The zero-order chi connectivity index (χ0) is 13.2. The van der Waals surface area contributed by atoms with E-state index >= 15 is 0 Å². The average molecular weight is 266 g/mol. The van der Waals surface area contributed by atoms with Gasteiger partial charge in [0.1, 0.15) is 0 Å². The normalized spacial score (nSPS) is 23.7. The van der Waals surface area contributed by atoms with E-state index in [0.717, 1.165) is 37.7 Å². The Bertz CT molecular complexity index is 446. The van der Waals surface area contributed by atoms with Gasteiger partial charge < -0.3 is 10.2 Å². The first-order valence-corrected chi connectivity index (χ1v) is 7.16. The van der Waals surface area contributed by atoms with Crippen molar-refractivity contribution in [2.24, 2.45) is 5.92 Å². The molecular formula is C15H20F2N2. The van der Waals surface area contributed by atoms with E-state index in [-0.39, 0.29) is 0 Å². The molecule has 1 aliphatic heterocycles. The lowest BCUT2D eigenvalue weighted by atomic mass is 10.0. The molecule has 1 heterocycles. The second kappa shape index (κ2) is 5.45. The summed E-state index contributed by atoms with van der Waals surface area (Å²) in [6.45, 7) is 2.92. The van der Waals surface area contributed by atoms with Crippen LogP contribution >= 0.6 is 0 Å². The third-order valence-electron chi connectivity index (χ3n) is 4.08. The van der Waals surface area contributed by atoms with Gasteiger partial charge in [-0.05, 0) is 50.3 Å². The van der Waals surface area contributed by atoms with Crippen LogP contribution < -0.4 is 10.2 Å². The maximum Gasteiger partial charge on any atom is 0.160 e. The van der Waals surface area contributed by atoms with E-state index in [1.807, 2.05) is 0 Å². The molecule has 1 aliphatic carbocycles. The van der Waals surface area contributed by atoms with Crippen LogP contribution in [0, 0.1) is 17.6 Å². The van der Waals surface area contributed by atoms with Crippen molar-refractivity contribution >= 4 is 5.69 Å². The van der Waals surface area contributed by atoms with Crippen molar-refractivity contribution in [2.75, 3.05) is 24.5 Å². The molecule has 2 aliphatic rings. The molecule has 1 atom stereocenters. The van der Waals surface area contributed by atoms with Crippen LogP contribution in [-0.2, 0) is 0 Å². The van der Waals surface area contributed by atoms with Crippen molar-refractivity contribution in [2.45, 2.75) is 31.7 Å². The van der Waals surface area contributed by atoms with Crippen molar-refractivity contribution in [1.29, 1.82) is 0 Å². The SMILES string of the molecule is Fc1ccc(N2CCCC(NCC3CC3)C2)cc1F. The molecule has 0 aromatic heterocycles. The van der Waals surface area contributed by atoms with Gasteiger partial charge in [0, 0.05) is 30.9 Å². The monoisotopic (exact) mass is 266 g/mol. The largest absolute Gasteiger partial charge is 0.370 e. The molecule has 1 saturated heterocycles. The maximum atomic E-state index is 13.3. The summed E-state index contributed by atoms with van der Waals surface area (Å²) < 4.78 is 26.2. The third kappa shape index (κ3) is 3.24. The van der Waals surface area contributed by atoms with E-state index < -0.39 is 11.6 Å². The molecule has 0 amide bonds. The smallest absolute Gasteiger partial charge is 0.160 e. The minimum absolute atomic E-state index is 0.475. The summed E-state index contributed by atoms with van der Waals surface area (Å²) in [5.74, 6) is -0.659. The number of hydrogen-bond acceptors (Lipinski definition) is 2. The first kappa shape index (κ1) is 12.9. The summed E-state index contributed by atoms with van der Waals surface area (Å²) in [5.41, 5.74) is 0.789. The fourth-order valence-electron chi connectivity index (χ4n) is 2.72. The fraction of sp³-hybridized carbons (Fsp3) is 0.600. The van der Waals surface area contributed by atoms with Crippen LogP contribution in [0.4, 0.5) is 14.5 Å². The molecule has 1 saturated carbocycles. The molecule has 0 radical (unpaired) electrons. The second-order valence-corrected chi connectivity index (χ2v) is 5.74. The van der Waals surface area contributed by atoms with Crippen molar-refractivity contribution in [1.82, 2.24) is 5.32 Å². The summed E-state index contributed by atoms with van der Waals surface area (Å²) >= 11 is 0. The first-order valence-electron chi connectivity index (χ1n) is 7.16. The van der Waals surface area contributed by atoms with E-state index in [1.54, 1.807) is 6.07 Å². The molecule has 0 bridgehead atoms. The molecule has 104 valence electrons. The minimum atomic E-state index is -0.774. The molecule has 1 N–H and O–H groups in total. The van der Waals surface area contributed by atoms with Gasteiger partial charge in [-0.1, -0.05) is 0 Å². The number of benzene rings is 1. The van der Waals surface area contributed by atoms with Gasteiger partial charge in [-0.15, -0.1) is 0 Å². The van der Waals surface area contributed by atoms with Crippen LogP contribution in [0.15, 0.2) is 18.2 Å². The molecule has 2 nitrogen and oxygen atoms in total. The lowest BCUT2D eigenvalue weighted by Crippen LogP contribution is -2.46. The van der Waals surface area contributed by atoms with Crippen LogP contribution in [0.5, 0.6) is 0 Å². The molecule has 1 aromatic rings. The minimum Gasteiger partial charge on any atom is -0.370 e. The maximum absolute atomic E-state index is 13.3. The van der Waals surface area contributed by atoms with Gasteiger partial charge >= 0.3 is 0 Å². The summed E-state index contributed by atoms with van der Waals surface area (Å²) in [6, 6.07) is 4.66. The molecule has 0 spiro atoms. The molecule has 2 fully saturated rings. The van der Waals surface area contributed by atoms with Crippen LogP contribution in [-0.4, -0.2) is 25.7 Å². The molecule has 3 rings (SSSR count). The highest BCUT2D eigenvalue weighted by Gasteiger charge is 2.25. The Morgan fingerprint density at radius 1 is 1.16 bits per heavy atom. The number of hydrogen-bond donors (Lipinski definition) is 1. The van der Waals surface area contributed by atoms with Gasteiger partial charge in [-0.2, -0.15) is 0 Å². The van der Waals surface area contributed by atoms with Crippen LogP contribution in [0.1, 0.15) is 25.7 Å². The Morgan fingerprint density at radius 3 is 2.74 bits per heavy atom. The standard InChI is InChI=1S/C15H20F2N2/c16-14-6-5-13(8-15(14)17)19-7-1-2-12(10-19)18-9-11-3-4-11/h5-6,8,11-12,18H,1-4,7,9-10H2. The lowest BCUT2D eigenvalue weighted by molar-refractivity contribution is 0.415. The van der Waals surface area contributed by atoms with Gasteiger partial charge in [-0.25, -0.2) is 8.78 Å². The Hall–Kier alpha value is -1.16. The van der Waals surface area contributed by atoms with Gasteiger partial charge in [0.05, 0.1) is 0 Å². The van der Waals surface area contributed by atoms with Crippen LogP contribution in [0.3, 0.4) is 0 Å². The number of piperidine rings is 1. The van der Waals surface area contributed by atoms with Crippen LogP contribution in [0.25, 0.3) is 0 Å². The van der Waals surface area contributed by atoms with Gasteiger partial charge in [0.15, 0.2) is 11.6 Å². The molecule has 19 heavy (non-hydrogen) atoms. The average Bonchev–Trinajstić information content (AvgIpc) is 3.24. The molecule has 4 heteroatoms. The Labute approximate surface area is 112 Å². The number of nitrogens with zero attached hydrogens (tertiary/aromatic N) is 1. The van der Waals surface area contributed by atoms with Crippen molar-refractivity contribution in [3.63, 3.8) is 0 Å². The van der Waals surface area contributed by atoms with E-state index in [2.05, 4.69) is 10.2 Å². The Kier molecular flexibility index (Phi) is 3.69. The van der Waals surface area contributed by atoms with E-state index in [9.17, 15) is 8.78 Å². The summed E-state index contributed by atoms with van der Waals surface area (Å²) in [7, 11) is 0. The first-order chi connectivity index (χ1) is 9.22. The van der Waals surface area contributed by atoms with Crippen molar-refractivity contribution in [3.05, 3.63) is 29.8 Å².